The second-order valence-electron chi connectivity index (χ2n) is 10.2. The average Bonchev–Trinajstić information content (AvgIpc) is 2.82. The zero-order valence-corrected chi connectivity index (χ0v) is 26.9. The van der Waals surface area contributed by atoms with Crippen molar-refractivity contribution in [3.63, 3.8) is 0 Å². The molecule has 0 heterocycles. The number of rotatable bonds is 19. The molecule has 0 aromatic heterocycles. The van der Waals surface area contributed by atoms with Crippen molar-refractivity contribution < 1.29 is 28.5 Å². The van der Waals surface area contributed by atoms with Gasteiger partial charge in [-0.1, -0.05) is 32.8 Å². The molecule has 2 unspecified atom stereocenters. The van der Waals surface area contributed by atoms with Gasteiger partial charge in [-0.05, 0) is 87.2 Å². The van der Waals surface area contributed by atoms with E-state index in [-0.39, 0.29) is 11.7 Å². The standard InChI is InChI=1S/C18H36O4S.C5H11NO2.C4H8.C2H6/c1-15(9-7-8-11-21-18(5,6)13-23)16(2)20-12-10-17(3,4)22-14-19;1-6-3-2-4-8-5-7;1-4(2)3;1-2/h14-16,23H,7-13H2,1-6H3;5-6H,2-4H2,1H3;1H2,2-3H3;1-2H3. The largest absolute Gasteiger partial charge is 0.468 e. The molecule has 0 spiro atoms. The summed E-state index contributed by atoms with van der Waals surface area (Å²) in [6.07, 6.45) is 5.12. The summed E-state index contributed by atoms with van der Waals surface area (Å²) in [5.41, 5.74) is 0.573. The highest BCUT2D eigenvalue weighted by Gasteiger charge is 2.20. The highest BCUT2D eigenvalue weighted by molar-refractivity contribution is 7.80. The van der Waals surface area contributed by atoms with Crippen molar-refractivity contribution in [1.82, 2.24) is 5.32 Å². The van der Waals surface area contributed by atoms with Gasteiger partial charge in [0.05, 0.1) is 24.9 Å². The highest BCUT2D eigenvalue weighted by atomic mass is 32.1. The van der Waals surface area contributed by atoms with E-state index in [1.54, 1.807) is 0 Å². The summed E-state index contributed by atoms with van der Waals surface area (Å²) in [5.74, 6) is 1.24. The fourth-order valence-electron chi connectivity index (χ4n) is 2.42. The molecule has 0 aliphatic carbocycles. The van der Waals surface area contributed by atoms with Crippen molar-refractivity contribution in [1.29, 1.82) is 0 Å². The molecule has 0 aromatic rings. The number of ether oxygens (including phenoxy) is 4. The molecule has 0 aromatic carbocycles. The van der Waals surface area contributed by atoms with Gasteiger partial charge in [0.2, 0.25) is 0 Å². The number of carbonyl (C=O) groups excluding carboxylic acids is 2. The Labute approximate surface area is 235 Å². The number of unbranched alkanes of at least 4 members (excludes halogenated alkanes) is 1. The van der Waals surface area contributed by atoms with E-state index in [1.807, 2.05) is 48.6 Å². The normalized spacial score (nSPS) is 12.2. The van der Waals surface area contributed by atoms with E-state index >= 15 is 0 Å². The lowest BCUT2D eigenvalue weighted by Crippen LogP contribution is -2.28. The SMILES string of the molecule is C=C(C)C.CC.CC(CCCCOC(C)(C)CS)C(C)OCCC(C)(C)OC=O.CNCCCOC=O. The van der Waals surface area contributed by atoms with Crippen LogP contribution in [-0.2, 0) is 28.5 Å². The first-order valence-electron chi connectivity index (χ1n) is 13.6. The maximum absolute atomic E-state index is 10.4. The van der Waals surface area contributed by atoms with E-state index in [2.05, 4.69) is 57.0 Å². The summed E-state index contributed by atoms with van der Waals surface area (Å²) in [5, 5.41) is 2.93. The first-order chi connectivity index (χ1) is 17.3. The Morgan fingerprint density at radius 1 is 0.946 bits per heavy atom. The summed E-state index contributed by atoms with van der Waals surface area (Å²) in [4.78, 5) is 19.9. The Balaban J connectivity index is -0.000000319. The monoisotopic (exact) mass is 551 g/mol. The molecular formula is C29H61NO6S. The number of hydrogen-bond acceptors (Lipinski definition) is 8. The third kappa shape index (κ3) is 39.6. The fourth-order valence-corrected chi connectivity index (χ4v) is 2.51. The molecule has 0 bridgehead atoms. The second-order valence-corrected chi connectivity index (χ2v) is 10.5. The highest BCUT2D eigenvalue weighted by Crippen LogP contribution is 2.19. The van der Waals surface area contributed by atoms with Gasteiger partial charge in [-0.25, -0.2) is 0 Å². The van der Waals surface area contributed by atoms with Crippen molar-refractivity contribution in [3.8, 4) is 0 Å². The fraction of sp³-hybridized carbons (Fsp3) is 0.862. The molecule has 0 amide bonds. The zero-order chi connectivity index (χ0) is 29.8. The predicted octanol–water partition coefficient (Wildman–Crippen LogP) is 6.64. The Kier molecular flexibility index (Phi) is 34.2. The van der Waals surface area contributed by atoms with Crippen LogP contribution in [0.4, 0.5) is 0 Å². The van der Waals surface area contributed by atoms with E-state index in [9.17, 15) is 9.59 Å². The molecule has 224 valence electrons. The average molecular weight is 552 g/mol. The molecule has 7 nitrogen and oxygen atoms in total. The van der Waals surface area contributed by atoms with Gasteiger partial charge in [-0.3, -0.25) is 9.59 Å². The van der Waals surface area contributed by atoms with Gasteiger partial charge in [0.1, 0.15) is 5.60 Å². The predicted molar refractivity (Wildman–Crippen MR) is 161 cm³/mol. The maximum atomic E-state index is 10.4. The lowest BCUT2D eigenvalue weighted by Gasteiger charge is -2.26. The molecule has 0 saturated heterocycles. The van der Waals surface area contributed by atoms with Gasteiger partial charge < -0.3 is 24.3 Å². The molecular weight excluding hydrogens is 490 g/mol. The summed E-state index contributed by atoms with van der Waals surface area (Å²) in [7, 11) is 1.86. The number of nitrogens with one attached hydrogen (secondary N) is 1. The van der Waals surface area contributed by atoms with Gasteiger partial charge in [-0.2, -0.15) is 12.6 Å². The smallest absolute Gasteiger partial charge is 0.293 e. The van der Waals surface area contributed by atoms with Crippen LogP contribution in [0, 0.1) is 5.92 Å². The second kappa shape index (κ2) is 29.5. The lowest BCUT2D eigenvalue weighted by atomic mass is 9.99. The Hall–Kier alpha value is -1.09. The van der Waals surface area contributed by atoms with Crippen LogP contribution < -0.4 is 5.32 Å². The first kappa shape index (κ1) is 43.0. The number of thiol groups is 1. The van der Waals surface area contributed by atoms with E-state index in [4.69, 9.17) is 14.2 Å². The van der Waals surface area contributed by atoms with Crippen LogP contribution in [0.15, 0.2) is 12.2 Å². The van der Waals surface area contributed by atoms with Crippen LogP contribution in [0.5, 0.6) is 0 Å². The molecule has 2 atom stereocenters. The minimum Gasteiger partial charge on any atom is -0.468 e. The Bertz CT molecular complexity index is 511. The summed E-state index contributed by atoms with van der Waals surface area (Å²) in [6.45, 7) is 27.5. The third-order valence-electron chi connectivity index (χ3n) is 4.94. The molecule has 0 radical (unpaired) electrons. The van der Waals surface area contributed by atoms with Gasteiger partial charge in [0, 0.05) is 18.8 Å². The summed E-state index contributed by atoms with van der Waals surface area (Å²) in [6, 6.07) is 0. The van der Waals surface area contributed by atoms with Crippen molar-refractivity contribution in [2.24, 2.45) is 5.92 Å². The molecule has 8 heteroatoms. The minimum absolute atomic E-state index is 0.137. The van der Waals surface area contributed by atoms with Gasteiger partial charge >= 0.3 is 0 Å². The molecule has 0 aliphatic heterocycles. The van der Waals surface area contributed by atoms with Crippen LogP contribution in [0.1, 0.15) is 101 Å². The van der Waals surface area contributed by atoms with Crippen LogP contribution in [0.2, 0.25) is 0 Å². The van der Waals surface area contributed by atoms with Gasteiger partial charge in [-0.15, -0.1) is 6.58 Å². The van der Waals surface area contributed by atoms with Crippen LogP contribution >= 0.6 is 12.6 Å². The Morgan fingerprint density at radius 2 is 1.51 bits per heavy atom. The molecule has 0 rings (SSSR count). The lowest BCUT2D eigenvalue weighted by molar-refractivity contribution is -0.142. The third-order valence-corrected chi connectivity index (χ3v) is 5.70. The molecule has 37 heavy (non-hydrogen) atoms. The van der Waals surface area contributed by atoms with Crippen molar-refractivity contribution in [2.75, 3.05) is 39.2 Å². The molecule has 0 saturated carbocycles. The van der Waals surface area contributed by atoms with Crippen LogP contribution in [-0.4, -0.2) is 69.4 Å². The summed E-state index contributed by atoms with van der Waals surface area (Å²) >= 11 is 4.28. The zero-order valence-electron chi connectivity index (χ0n) is 26.0. The van der Waals surface area contributed by atoms with E-state index < -0.39 is 5.60 Å². The summed E-state index contributed by atoms with van der Waals surface area (Å²) < 4.78 is 21.1. The quantitative estimate of drug-likeness (QED) is 0.0805. The van der Waals surface area contributed by atoms with Crippen molar-refractivity contribution >= 4 is 25.6 Å². The number of hydrogen-bond donors (Lipinski definition) is 2. The Morgan fingerprint density at radius 3 is 1.97 bits per heavy atom. The number of carbonyl (C=O) groups is 2. The molecule has 0 fully saturated rings. The van der Waals surface area contributed by atoms with Crippen molar-refractivity contribution in [2.45, 2.75) is 119 Å². The van der Waals surface area contributed by atoms with Crippen molar-refractivity contribution in [3.05, 3.63) is 12.2 Å². The number of allylic oxidation sites excluding steroid dienone is 1. The van der Waals surface area contributed by atoms with Gasteiger partial charge in [0.25, 0.3) is 12.9 Å². The van der Waals surface area contributed by atoms with Crippen LogP contribution in [0.3, 0.4) is 0 Å². The molecule has 1 N–H and O–H groups in total. The van der Waals surface area contributed by atoms with Crippen LogP contribution in [0.25, 0.3) is 0 Å². The first-order valence-corrected chi connectivity index (χ1v) is 14.2. The maximum Gasteiger partial charge on any atom is 0.293 e. The minimum atomic E-state index is -0.457. The van der Waals surface area contributed by atoms with E-state index in [0.717, 1.165) is 44.6 Å². The topological polar surface area (TPSA) is 83.1 Å². The van der Waals surface area contributed by atoms with E-state index in [0.29, 0.717) is 38.5 Å². The van der Waals surface area contributed by atoms with Gasteiger partial charge in [0.15, 0.2) is 0 Å². The molecule has 0 aliphatic rings. The van der Waals surface area contributed by atoms with E-state index in [1.165, 1.54) is 5.57 Å².